The van der Waals surface area contributed by atoms with Crippen molar-refractivity contribution in [3.05, 3.63) is 29.8 Å². The van der Waals surface area contributed by atoms with Crippen LogP contribution in [0.2, 0.25) is 0 Å². The Kier molecular flexibility index (Phi) is 2.75. The van der Waals surface area contributed by atoms with Gasteiger partial charge in [-0.05, 0) is 17.7 Å². The zero-order valence-electron chi connectivity index (χ0n) is 6.62. The lowest BCUT2D eigenvalue weighted by molar-refractivity contribution is 0.602. The molecule has 0 aliphatic rings. The number of sulfone groups is 1. The van der Waals surface area contributed by atoms with Crippen molar-refractivity contribution in [1.29, 1.82) is 0 Å². The molecular formula is C8H9ClO2S. The summed E-state index contributed by atoms with van der Waals surface area (Å²) in [6.45, 7) is 0. The summed E-state index contributed by atoms with van der Waals surface area (Å²) in [5.74, 6) is 0.337. The van der Waals surface area contributed by atoms with Crippen molar-refractivity contribution in [3.8, 4) is 0 Å². The van der Waals surface area contributed by atoms with Gasteiger partial charge in [-0.25, -0.2) is 8.42 Å². The number of alkyl halides is 1. The fourth-order valence-electron chi connectivity index (χ4n) is 0.859. The first kappa shape index (κ1) is 9.55. The van der Waals surface area contributed by atoms with Crippen LogP contribution in [-0.2, 0) is 15.7 Å². The van der Waals surface area contributed by atoms with E-state index >= 15 is 0 Å². The van der Waals surface area contributed by atoms with Crippen LogP contribution in [0.1, 0.15) is 5.56 Å². The van der Waals surface area contributed by atoms with E-state index < -0.39 is 9.84 Å². The Morgan fingerprint density at radius 3 is 2.58 bits per heavy atom. The highest BCUT2D eigenvalue weighted by Crippen LogP contribution is 2.12. The van der Waals surface area contributed by atoms with Crippen molar-refractivity contribution in [2.24, 2.45) is 0 Å². The van der Waals surface area contributed by atoms with Gasteiger partial charge in [0.2, 0.25) is 0 Å². The average Bonchev–Trinajstić information content (AvgIpc) is 2.03. The van der Waals surface area contributed by atoms with Crippen LogP contribution in [0.3, 0.4) is 0 Å². The largest absolute Gasteiger partial charge is 0.224 e. The SMILES string of the molecule is CS(=O)(=O)c1cccc(CCl)c1. The van der Waals surface area contributed by atoms with Gasteiger partial charge in [-0.1, -0.05) is 12.1 Å². The normalized spacial score (nSPS) is 11.5. The Hall–Kier alpha value is -0.540. The number of halogens is 1. The summed E-state index contributed by atoms with van der Waals surface area (Å²) in [6, 6.07) is 6.63. The van der Waals surface area contributed by atoms with Gasteiger partial charge >= 0.3 is 0 Å². The predicted octanol–water partition coefficient (Wildman–Crippen LogP) is 1.83. The first-order valence-electron chi connectivity index (χ1n) is 3.39. The van der Waals surface area contributed by atoms with E-state index in [1.165, 1.54) is 6.26 Å². The zero-order valence-corrected chi connectivity index (χ0v) is 8.19. The van der Waals surface area contributed by atoms with E-state index in [0.717, 1.165) is 5.56 Å². The third kappa shape index (κ3) is 2.22. The van der Waals surface area contributed by atoms with E-state index in [9.17, 15) is 8.42 Å². The Balaban J connectivity index is 3.20. The molecule has 0 saturated heterocycles. The van der Waals surface area contributed by atoms with E-state index in [0.29, 0.717) is 10.8 Å². The molecule has 4 heteroatoms. The second kappa shape index (κ2) is 3.46. The molecule has 66 valence electrons. The minimum Gasteiger partial charge on any atom is -0.224 e. The van der Waals surface area contributed by atoms with Gasteiger partial charge in [-0.2, -0.15) is 0 Å². The van der Waals surface area contributed by atoms with Crippen molar-refractivity contribution in [2.45, 2.75) is 10.8 Å². The fraction of sp³-hybridized carbons (Fsp3) is 0.250. The summed E-state index contributed by atoms with van der Waals surface area (Å²) >= 11 is 5.55. The van der Waals surface area contributed by atoms with E-state index in [4.69, 9.17) is 11.6 Å². The van der Waals surface area contributed by atoms with E-state index in [2.05, 4.69) is 0 Å². The fourth-order valence-corrected chi connectivity index (χ4v) is 1.72. The average molecular weight is 205 g/mol. The van der Waals surface area contributed by atoms with Crippen LogP contribution >= 0.6 is 11.6 Å². The summed E-state index contributed by atoms with van der Waals surface area (Å²) in [7, 11) is -3.09. The maximum Gasteiger partial charge on any atom is 0.175 e. The molecule has 1 aromatic rings. The number of hydrogen-bond acceptors (Lipinski definition) is 2. The second-order valence-corrected chi connectivity index (χ2v) is 4.84. The minimum absolute atomic E-state index is 0.320. The van der Waals surface area contributed by atoms with Crippen molar-refractivity contribution in [2.75, 3.05) is 6.26 Å². The van der Waals surface area contributed by atoms with Crippen LogP contribution in [0, 0.1) is 0 Å². The molecule has 0 radical (unpaired) electrons. The second-order valence-electron chi connectivity index (χ2n) is 2.55. The molecule has 0 fully saturated rings. The Morgan fingerprint density at radius 2 is 2.08 bits per heavy atom. The molecular weight excluding hydrogens is 196 g/mol. The van der Waals surface area contributed by atoms with Crippen molar-refractivity contribution in [1.82, 2.24) is 0 Å². The van der Waals surface area contributed by atoms with Gasteiger partial charge in [0.25, 0.3) is 0 Å². The zero-order chi connectivity index (χ0) is 9.19. The topological polar surface area (TPSA) is 34.1 Å². The highest BCUT2D eigenvalue weighted by molar-refractivity contribution is 7.90. The molecule has 1 aromatic carbocycles. The standard InChI is InChI=1S/C8H9ClO2S/c1-12(10,11)8-4-2-3-7(5-8)6-9/h2-5H,6H2,1H3. The lowest BCUT2D eigenvalue weighted by Gasteiger charge is -1.99. The summed E-state index contributed by atoms with van der Waals surface area (Å²) in [5.41, 5.74) is 0.819. The van der Waals surface area contributed by atoms with Crippen molar-refractivity contribution in [3.63, 3.8) is 0 Å². The summed E-state index contributed by atoms with van der Waals surface area (Å²) in [5, 5.41) is 0. The molecule has 0 aliphatic heterocycles. The molecule has 0 N–H and O–H groups in total. The molecule has 0 aliphatic carbocycles. The molecule has 1 rings (SSSR count). The van der Waals surface area contributed by atoms with Crippen LogP contribution < -0.4 is 0 Å². The van der Waals surface area contributed by atoms with Crippen LogP contribution in [0.5, 0.6) is 0 Å². The molecule has 0 bridgehead atoms. The van der Waals surface area contributed by atoms with Gasteiger partial charge in [0, 0.05) is 12.1 Å². The first-order valence-corrected chi connectivity index (χ1v) is 5.81. The Morgan fingerprint density at radius 1 is 1.42 bits per heavy atom. The highest BCUT2D eigenvalue weighted by Gasteiger charge is 2.06. The molecule has 0 spiro atoms. The molecule has 0 unspecified atom stereocenters. The molecule has 2 nitrogen and oxygen atoms in total. The molecule has 12 heavy (non-hydrogen) atoms. The van der Waals surface area contributed by atoms with E-state index in [1.807, 2.05) is 0 Å². The highest BCUT2D eigenvalue weighted by atomic mass is 35.5. The third-order valence-electron chi connectivity index (χ3n) is 1.48. The number of benzene rings is 1. The van der Waals surface area contributed by atoms with Gasteiger partial charge in [-0.3, -0.25) is 0 Å². The van der Waals surface area contributed by atoms with E-state index in [-0.39, 0.29) is 0 Å². The smallest absolute Gasteiger partial charge is 0.175 e. The van der Waals surface area contributed by atoms with E-state index in [1.54, 1.807) is 24.3 Å². The number of hydrogen-bond donors (Lipinski definition) is 0. The predicted molar refractivity (Wildman–Crippen MR) is 49.1 cm³/mol. The molecule has 0 saturated carbocycles. The minimum atomic E-state index is -3.09. The maximum absolute atomic E-state index is 11.1. The first-order chi connectivity index (χ1) is 5.54. The molecule has 0 heterocycles. The number of rotatable bonds is 2. The van der Waals surface area contributed by atoms with Gasteiger partial charge < -0.3 is 0 Å². The summed E-state index contributed by atoms with van der Waals surface area (Å²) in [4.78, 5) is 0.320. The summed E-state index contributed by atoms with van der Waals surface area (Å²) < 4.78 is 22.1. The van der Waals surface area contributed by atoms with Gasteiger partial charge in [0.05, 0.1) is 4.90 Å². The third-order valence-corrected chi connectivity index (χ3v) is 2.90. The summed E-state index contributed by atoms with van der Waals surface area (Å²) in [6.07, 6.45) is 1.18. The molecule has 0 aromatic heterocycles. The monoisotopic (exact) mass is 204 g/mol. The van der Waals surface area contributed by atoms with Crippen LogP contribution in [0.4, 0.5) is 0 Å². The molecule has 0 amide bonds. The Bertz CT molecular complexity index is 370. The van der Waals surface area contributed by atoms with Gasteiger partial charge in [0.1, 0.15) is 0 Å². The van der Waals surface area contributed by atoms with Gasteiger partial charge in [-0.15, -0.1) is 11.6 Å². The molecule has 0 atom stereocenters. The van der Waals surface area contributed by atoms with Crippen molar-refractivity contribution >= 4 is 21.4 Å². The van der Waals surface area contributed by atoms with Crippen molar-refractivity contribution < 1.29 is 8.42 Å². The Labute approximate surface area is 77.1 Å². The maximum atomic E-state index is 11.1. The van der Waals surface area contributed by atoms with Crippen LogP contribution in [-0.4, -0.2) is 14.7 Å². The lowest BCUT2D eigenvalue weighted by atomic mass is 10.2. The van der Waals surface area contributed by atoms with Crippen LogP contribution in [0.15, 0.2) is 29.2 Å². The quantitative estimate of drug-likeness (QED) is 0.689. The van der Waals surface area contributed by atoms with Gasteiger partial charge in [0.15, 0.2) is 9.84 Å². The lowest BCUT2D eigenvalue weighted by Crippen LogP contribution is -1.97. The van der Waals surface area contributed by atoms with Crippen LogP contribution in [0.25, 0.3) is 0 Å².